The number of nitrogens with one attached hydrogen (secondary N) is 1. The third-order valence-electron chi connectivity index (χ3n) is 7.11. The molecule has 2 fully saturated rings. The largest absolute Gasteiger partial charge is 0.417 e. The second-order valence-corrected chi connectivity index (χ2v) is 9.80. The molecule has 1 aliphatic carbocycles. The van der Waals surface area contributed by atoms with Gasteiger partial charge in [0.05, 0.1) is 24.0 Å². The molecule has 2 aliphatic rings. The monoisotopic (exact) mass is 482 g/mol. The summed E-state index contributed by atoms with van der Waals surface area (Å²) in [6.45, 7) is 5.80. The minimum atomic E-state index is -4.45. The third kappa shape index (κ3) is 4.24. The Morgan fingerprint density at radius 1 is 1.11 bits per heavy atom. The van der Waals surface area contributed by atoms with Crippen molar-refractivity contribution in [3.05, 3.63) is 60.3 Å². The van der Waals surface area contributed by atoms with Crippen molar-refractivity contribution in [2.45, 2.75) is 32.0 Å². The first-order valence-corrected chi connectivity index (χ1v) is 11.6. The maximum Gasteiger partial charge on any atom is 0.417 e. The molecule has 0 spiro atoms. The number of anilines is 1. The number of piperazine rings is 1. The number of hydrogen-bond acceptors (Lipinski definition) is 6. The lowest BCUT2D eigenvalue weighted by molar-refractivity contribution is -0.137. The van der Waals surface area contributed by atoms with E-state index in [-0.39, 0.29) is 6.04 Å². The molecule has 0 amide bonds. The van der Waals surface area contributed by atoms with Crippen molar-refractivity contribution in [2.24, 2.45) is 5.41 Å². The molecule has 182 valence electrons. The first-order chi connectivity index (χ1) is 16.8. The predicted octanol–water partition coefficient (Wildman–Crippen LogP) is 4.20. The number of pyridine rings is 1. The van der Waals surface area contributed by atoms with Crippen LogP contribution in [0.1, 0.15) is 36.9 Å². The van der Waals surface area contributed by atoms with E-state index >= 15 is 0 Å². The van der Waals surface area contributed by atoms with Gasteiger partial charge < -0.3 is 4.90 Å². The normalized spacial score (nSPS) is 20.5. The molecule has 5 heterocycles. The van der Waals surface area contributed by atoms with Crippen LogP contribution in [0.4, 0.5) is 19.0 Å². The minimum absolute atomic E-state index is 0.170. The third-order valence-corrected chi connectivity index (χ3v) is 7.11. The summed E-state index contributed by atoms with van der Waals surface area (Å²) in [5, 5.41) is 7.09. The van der Waals surface area contributed by atoms with E-state index in [1.807, 2.05) is 18.5 Å². The fourth-order valence-corrected chi connectivity index (χ4v) is 4.80. The van der Waals surface area contributed by atoms with E-state index in [2.05, 4.69) is 36.9 Å². The van der Waals surface area contributed by atoms with Crippen LogP contribution >= 0.6 is 0 Å². The maximum absolute atomic E-state index is 13.3. The summed E-state index contributed by atoms with van der Waals surface area (Å²) < 4.78 is 41.2. The lowest BCUT2D eigenvalue weighted by Gasteiger charge is -2.42. The molecular weight excluding hydrogens is 457 g/mol. The van der Waals surface area contributed by atoms with Crippen molar-refractivity contribution in [3.8, 4) is 11.5 Å². The molecule has 11 heteroatoms. The van der Waals surface area contributed by atoms with E-state index in [9.17, 15) is 13.2 Å². The first-order valence-electron chi connectivity index (χ1n) is 11.6. The maximum atomic E-state index is 13.3. The molecule has 6 rings (SSSR count). The fraction of sp³-hybridized carbons (Fsp3) is 0.417. The van der Waals surface area contributed by atoms with Gasteiger partial charge in [-0.05, 0) is 36.5 Å². The number of nitrogens with zero attached hydrogens (tertiary/aromatic N) is 7. The lowest BCUT2D eigenvalue weighted by Crippen LogP contribution is -2.50. The summed E-state index contributed by atoms with van der Waals surface area (Å²) in [6.07, 6.45) is 6.09. The van der Waals surface area contributed by atoms with Gasteiger partial charge in [-0.3, -0.25) is 14.4 Å². The van der Waals surface area contributed by atoms with Gasteiger partial charge in [0.15, 0.2) is 5.82 Å². The zero-order valence-corrected chi connectivity index (χ0v) is 19.2. The van der Waals surface area contributed by atoms with Crippen LogP contribution in [0.25, 0.3) is 17.2 Å². The van der Waals surface area contributed by atoms with Crippen LogP contribution in [-0.2, 0) is 6.18 Å². The van der Waals surface area contributed by atoms with E-state index in [1.54, 1.807) is 6.20 Å². The Morgan fingerprint density at radius 3 is 2.71 bits per heavy atom. The fourth-order valence-electron chi connectivity index (χ4n) is 4.80. The number of aromatic nitrogens is 6. The van der Waals surface area contributed by atoms with Crippen LogP contribution in [0.15, 0.2) is 49.2 Å². The molecule has 0 radical (unpaired) electrons. The molecule has 1 unspecified atom stereocenters. The van der Waals surface area contributed by atoms with Crippen molar-refractivity contribution >= 4 is 11.5 Å². The first kappa shape index (κ1) is 22.0. The number of aromatic amines is 1. The number of hydrogen-bond donors (Lipinski definition) is 1. The van der Waals surface area contributed by atoms with Gasteiger partial charge in [0.25, 0.3) is 0 Å². The topological polar surface area (TPSA) is 78.2 Å². The standard InChI is InChI=1S/C24H25F3N8/c1-23(5-6-23)15-34-9-8-33(14-19(34)16-10-30-31-11-16)21-4-7-28-22(32-21)18-12-29-20-3-2-17(13-35(18)20)24(25,26)27/h2-4,7,10-13,19H,5-6,8-9,14-15H2,1H3,(H,30,31). The highest BCUT2D eigenvalue weighted by Gasteiger charge is 2.42. The molecule has 1 saturated heterocycles. The Bertz CT molecular complexity index is 1340. The van der Waals surface area contributed by atoms with Crippen LogP contribution in [-0.4, -0.2) is 60.6 Å². The van der Waals surface area contributed by atoms with E-state index in [4.69, 9.17) is 4.98 Å². The quantitative estimate of drug-likeness (QED) is 0.460. The zero-order chi connectivity index (χ0) is 24.2. The summed E-state index contributed by atoms with van der Waals surface area (Å²) in [5.74, 6) is 1.07. The molecule has 1 atom stereocenters. The predicted molar refractivity (Wildman–Crippen MR) is 124 cm³/mol. The number of halogens is 3. The average Bonchev–Trinajstić information content (AvgIpc) is 3.23. The highest BCUT2D eigenvalue weighted by Crippen LogP contribution is 2.47. The number of H-pyrrole nitrogens is 1. The minimum Gasteiger partial charge on any atom is -0.353 e. The second kappa shape index (κ2) is 8.04. The van der Waals surface area contributed by atoms with Crippen molar-refractivity contribution in [1.29, 1.82) is 0 Å². The van der Waals surface area contributed by atoms with Gasteiger partial charge in [-0.15, -0.1) is 0 Å². The van der Waals surface area contributed by atoms with Gasteiger partial charge in [-0.1, -0.05) is 6.92 Å². The number of rotatable bonds is 5. The summed E-state index contributed by atoms with van der Waals surface area (Å²) in [5.41, 5.74) is 1.60. The average molecular weight is 483 g/mol. The Kier molecular flexibility index (Phi) is 5.06. The Morgan fingerprint density at radius 2 is 1.97 bits per heavy atom. The van der Waals surface area contributed by atoms with Crippen LogP contribution in [0.5, 0.6) is 0 Å². The number of imidazole rings is 1. The van der Waals surface area contributed by atoms with Crippen LogP contribution in [0.2, 0.25) is 0 Å². The second-order valence-electron chi connectivity index (χ2n) is 9.80. The zero-order valence-electron chi connectivity index (χ0n) is 19.2. The van der Waals surface area contributed by atoms with Crippen LogP contribution < -0.4 is 4.90 Å². The van der Waals surface area contributed by atoms with Crippen molar-refractivity contribution in [2.75, 3.05) is 31.1 Å². The molecule has 1 aliphatic heterocycles. The van der Waals surface area contributed by atoms with Crippen molar-refractivity contribution < 1.29 is 13.2 Å². The summed E-state index contributed by atoms with van der Waals surface area (Å²) >= 11 is 0. The lowest BCUT2D eigenvalue weighted by atomic mass is 10.0. The van der Waals surface area contributed by atoms with Gasteiger partial charge in [-0.2, -0.15) is 18.3 Å². The number of alkyl halides is 3. The van der Waals surface area contributed by atoms with Crippen molar-refractivity contribution in [3.63, 3.8) is 0 Å². The summed E-state index contributed by atoms with van der Waals surface area (Å²) in [7, 11) is 0. The van der Waals surface area contributed by atoms with Gasteiger partial charge in [-0.25, -0.2) is 15.0 Å². The molecule has 4 aromatic rings. The van der Waals surface area contributed by atoms with Gasteiger partial charge in [0, 0.05) is 50.3 Å². The van der Waals surface area contributed by atoms with Crippen molar-refractivity contribution in [1.82, 2.24) is 34.4 Å². The molecule has 1 N–H and O–H groups in total. The van der Waals surface area contributed by atoms with E-state index in [0.717, 1.165) is 49.8 Å². The summed E-state index contributed by atoms with van der Waals surface area (Å²) in [4.78, 5) is 18.1. The Balaban J connectivity index is 1.30. The highest BCUT2D eigenvalue weighted by atomic mass is 19.4. The molecule has 4 aromatic heterocycles. The smallest absolute Gasteiger partial charge is 0.353 e. The molecular formula is C24H25F3N8. The molecule has 35 heavy (non-hydrogen) atoms. The van der Waals surface area contributed by atoms with Gasteiger partial charge >= 0.3 is 6.18 Å². The summed E-state index contributed by atoms with van der Waals surface area (Å²) in [6, 6.07) is 4.40. The van der Waals surface area contributed by atoms with Crippen LogP contribution in [0, 0.1) is 5.41 Å². The van der Waals surface area contributed by atoms with E-state index in [1.165, 1.54) is 29.5 Å². The van der Waals surface area contributed by atoms with Crippen LogP contribution in [0.3, 0.4) is 0 Å². The molecule has 0 aromatic carbocycles. The Labute approximate surface area is 199 Å². The molecule has 1 saturated carbocycles. The van der Waals surface area contributed by atoms with E-state index < -0.39 is 11.7 Å². The Hall–Kier alpha value is -3.47. The SMILES string of the molecule is CC1(CN2CCN(c3ccnc(-c4cnc5ccc(C(F)(F)F)cn45)n3)CC2c2cn[nH]c2)CC1. The van der Waals surface area contributed by atoms with E-state index in [0.29, 0.717) is 22.6 Å². The molecule has 8 nitrogen and oxygen atoms in total. The van der Waals surface area contributed by atoms with Gasteiger partial charge in [0.1, 0.15) is 17.2 Å². The number of fused-ring (bicyclic) bond motifs is 1. The highest BCUT2D eigenvalue weighted by molar-refractivity contribution is 5.59. The van der Waals surface area contributed by atoms with Gasteiger partial charge in [0.2, 0.25) is 0 Å². The molecule has 0 bridgehead atoms.